The molecule has 0 unspecified atom stereocenters. The summed E-state index contributed by atoms with van der Waals surface area (Å²) in [4.78, 5) is 0. The van der Waals surface area contributed by atoms with Gasteiger partial charge < -0.3 is 10.6 Å². The first-order valence-electron chi connectivity index (χ1n) is 6.52. The Bertz CT molecular complexity index is 608. The first kappa shape index (κ1) is 14.5. The van der Waals surface area contributed by atoms with Crippen molar-refractivity contribution in [3.8, 4) is 0 Å². The number of hydrogen-bond donors (Lipinski definition) is 2. The van der Waals surface area contributed by atoms with E-state index in [1.807, 2.05) is 19.1 Å². The van der Waals surface area contributed by atoms with Gasteiger partial charge >= 0.3 is 0 Å². The van der Waals surface area contributed by atoms with Gasteiger partial charge in [-0.05, 0) is 61.0 Å². The van der Waals surface area contributed by atoms with E-state index in [9.17, 15) is 4.39 Å². The molecule has 0 aliphatic heterocycles. The quantitative estimate of drug-likeness (QED) is 0.813. The highest BCUT2D eigenvalue weighted by Gasteiger charge is 2.06. The SMILES string of the molecule is CCc1cccc(C)c1NC(=S)Nc1ccc(F)cc1. The molecule has 0 aliphatic rings. The van der Waals surface area contributed by atoms with Gasteiger partial charge in [-0.2, -0.15) is 0 Å². The third-order valence-electron chi connectivity index (χ3n) is 3.08. The molecule has 2 N–H and O–H groups in total. The number of anilines is 2. The van der Waals surface area contributed by atoms with Gasteiger partial charge in [0, 0.05) is 11.4 Å². The molecule has 4 heteroatoms. The number of rotatable bonds is 3. The van der Waals surface area contributed by atoms with Crippen LogP contribution >= 0.6 is 12.2 Å². The van der Waals surface area contributed by atoms with Crippen molar-refractivity contribution in [2.45, 2.75) is 20.3 Å². The maximum Gasteiger partial charge on any atom is 0.175 e. The molecule has 0 fully saturated rings. The van der Waals surface area contributed by atoms with Crippen molar-refractivity contribution < 1.29 is 4.39 Å². The Morgan fingerprint density at radius 2 is 1.80 bits per heavy atom. The van der Waals surface area contributed by atoms with Gasteiger partial charge in [-0.25, -0.2) is 4.39 Å². The number of benzene rings is 2. The van der Waals surface area contributed by atoms with Gasteiger partial charge in [-0.1, -0.05) is 25.1 Å². The Labute approximate surface area is 124 Å². The lowest BCUT2D eigenvalue weighted by Gasteiger charge is -2.15. The Morgan fingerprint density at radius 1 is 1.10 bits per heavy atom. The Kier molecular flexibility index (Phi) is 4.69. The molecular formula is C16H17FN2S. The fraction of sp³-hybridized carbons (Fsp3) is 0.188. The molecule has 0 spiro atoms. The smallest absolute Gasteiger partial charge is 0.175 e. The van der Waals surface area contributed by atoms with Crippen molar-refractivity contribution in [2.24, 2.45) is 0 Å². The van der Waals surface area contributed by atoms with Crippen molar-refractivity contribution in [2.75, 3.05) is 10.6 Å². The van der Waals surface area contributed by atoms with E-state index in [4.69, 9.17) is 12.2 Å². The Balaban J connectivity index is 2.10. The molecule has 0 heterocycles. The predicted octanol–water partition coefficient (Wildman–Crippen LogP) is 4.51. The summed E-state index contributed by atoms with van der Waals surface area (Å²) in [6, 6.07) is 12.3. The second-order valence-corrected chi connectivity index (χ2v) is 4.96. The van der Waals surface area contributed by atoms with Crippen LogP contribution in [-0.2, 0) is 6.42 Å². The molecule has 0 amide bonds. The maximum absolute atomic E-state index is 12.8. The van der Waals surface area contributed by atoms with Gasteiger partial charge in [0.1, 0.15) is 5.82 Å². The topological polar surface area (TPSA) is 24.1 Å². The van der Waals surface area contributed by atoms with Crippen molar-refractivity contribution in [1.29, 1.82) is 0 Å². The average Bonchev–Trinajstić information content (AvgIpc) is 2.43. The highest BCUT2D eigenvalue weighted by molar-refractivity contribution is 7.80. The highest BCUT2D eigenvalue weighted by atomic mass is 32.1. The van der Waals surface area contributed by atoms with E-state index in [2.05, 4.69) is 23.6 Å². The fourth-order valence-electron chi connectivity index (χ4n) is 2.01. The van der Waals surface area contributed by atoms with Crippen LogP contribution in [0.1, 0.15) is 18.1 Å². The lowest BCUT2D eigenvalue weighted by Crippen LogP contribution is -2.20. The van der Waals surface area contributed by atoms with Crippen LogP contribution in [0.5, 0.6) is 0 Å². The summed E-state index contributed by atoms with van der Waals surface area (Å²) < 4.78 is 12.8. The van der Waals surface area contributed by atoms with E-state index in [0.29, 0.717) is 5.11 Å². The zero-order valence-corrected chi connectivity index (χ0v) is 12.4. The molecule has 2 aromatic rings. The lowest BCUT2D eigenvalue weighted by molar-refractivity contribution is 0.628. The molecule has 0 aliphatic carbocycles. The third kappa shape index (κ3) is 3.54. The van der Waals surface area contributed by atoms with Gasteiger partial charge in [0.05, 0.1) is 0 Å². The molecule has 104 valence electrons. The van der Waals surface area contributed by atoms with Crippen molar-refractivity contribution in [1.82, 2.24) is 0 Å². The average molecular weight is 288 g/mol. The van der Waals surface area contributed by atoms with Crippen molar-refractivity contribution in [3.05, 3.63) is 59.4 Å². The number of nitrogens with one attached hydrogen (secondary N) is 2. The molecule has 0 saturated heterocycles. The van der Waals surface area contributed by atoms with Gasteiger partial charge in [0.2, 0.25) is 0 Å². The number of para-hydroxylation sites is 1. The minimum Gasteiger partial charge on any atom is -0.332 e. The van der Waals surface area contributed by atoms with Crippen LogP contribution < -0.4 is 10.6 Å². The van der Waals surface area contributed by atoms with E-state index < -0.39 is 0 Å². The number of halogens is 1. The minimum atomic E-state index is -0.262. The lowest BCUT2D eigenvalue weighted by atomic mass is 10.1. The van der Waals surface area contributed by atoms with E-state index in [-0.39, 0.29) is 5.82 Å². The molecule has 0 atom stereocenters. The third-order valence-corrected chi connectivity index (χ3v) is 3.28. The summed E-state index contributed by atoms with van der Waals surface area (Å²) in [7, 11) is 0. The van der Waals surface area contributed by atoms with Crippen LogP contribution in [0.2, 0.25) is 0 Å². The van der Waals surface area contributed by atoms with E-state index in [1.54, 1.807) is 12.1 Å². The van der Waals surface area contributed by atoms with Crippen LogP contribution in [0, 0.1) is 12.7 Å². The molecule has 2 nitrogen and oxygen atoms in total. The van der Waals surface area contributed by atoms with E-state index in [0.717, 1.165) is 23.4 Å². The summed E-state index contributed by atoms with van der Waals surface area (Å²) >= 11 is 5.30. The van der Waals surface area contributed by atoms with Crippen LogP contribution in [-0.4, -0.2) is 5.11 Å². The maximum atomic E-state index is 12.8. The molecular weight excluding hydrogens is 271 g/mol. The largest absolute Gasteiger partial charge is 0.332 e. The molecule has 20 heavy (non-hydrogen) atoms. The van der Waals surface area contributed by atoms with Crippen LogP contribution in [0.15, 0.2) is 42.5 Å². The fourth-order valence-corrected chi connectivity index (χ4v) is 2.23. The first-order valence-corrected chi connectivity index (χ1v) is 6.93. The van der Waals surface area contributed by atoms with Crippen LogP contribution in [0.4, 0.5) is 15.8 Å². The van der Waals surface area contributed by atoms with Gasteiger partial charge in [0.15, 0.2) is 5.11 Å². The van der Waals surface area contributed by atoms with Crippen LogP contribution in [0.3, 0.4) is 0 Å². The highest BCUT2D eigenvalue weighted by Crippen LogP contribution is 2.21. The van der Waals surface area contributed by atoms with Crippen LogP contribution in [0.25, 0.3) is 0 Å². The van der Waals surface area contributed by atoms with Gasteiger partial charge in [-0.15, -0.1) is 0 Å². The molecule has 0 bridgehead atoms. The summed E-state index contributed by atoms with van der Waals surface area (Å²) in [6.07, 6.45) is 0.934. The standard InChI is InChI=1S/C16H17FN2S/c1-3-12-6-4-5-11(2)15(12)19-16(20)18-14-9-7-13(17)8-10-14/h4-10H,3H2,1-2H3,(H2,18,19,20). The van der Waals surface area contributed by atoms with Crippen molar-refractivity contribution >= 4 is 28.7 Å². The van der Waals surface area contributed by atoms with Gasteiger partial charge in [0.25, 0.3) is 0 Å². The number of hydrogen-bond acceptors (Lipinski definition) is 1. The number of thiocarbonyl (C=S) groups is 1. The Morgan fingerprint density at radius 3 is 2.45 bits per heavy atom. The second kappa shape index (κ2) is 6.48. The molecule has 0 radical (unpaired) electrons. The first-order chi connectivity index (χ1) is 9.60. The Hall–Kier alpha value is -1.94. The molecule has 2 rings (SSSR count). The predicted molar refractivity (Wildman–Crippen MR) is 86.8 cm³/mol. The molecule has 0 saturated carbocycles. The second-order valence-electron chi connectivity index (χ2n) is 4.55. The monoisotopic (exact) mass is 288 g/mol. The summed E-state index contributed by atoms with van der Waals surface area (Å²) in [5.41, 5.74) is 4.16. The van der Waals surface area contributed by atoms with Crippen molar-refractivity contribution in [3.63, 3.8) is 0 Å². The number of aryl methyl sites for hydroxylation is 2. The minimum absolute atomic E-state index is 0.262. The van der Waals surface area contributed by atoms with E-state index >= 15 is 0 Å². The van der Waals surface area contributed by atoms with E-state index in [1.165, 1.54) is 17.7 Å². The zero-order valence-electron chi connectivity index (χ0n) is 11.5. The summed E-state index contributed by atoms with van der Waals surface area (Å²) in [6.45, 7) is 4.15. The molecule has 0 aromatic heterocycles. The summed E-state index contributed by atoms with van der Waals surface area (Å²) in [5.74, 6) is -0.262. The summed E-state index contributed by atoms with van der Waals surface area (Å²) in [5, 5.41) is 6.77. The normalized spacial score (nSPS) is 10.2. The van der Waals surface area contributed by atoms with Gasteiger partial charge in [-0.3, -0.25) is 0 Å². The zero-order chi connectivity index (χ0) is 14.5. The molecule has 2 aromatic carbocycles.